The van der Waals surface area contributed by atoms with Crippen LogP contribution in [0.25, 0.3) is 10.4 Å². The van der Waals surface area contributed by atoms with Crippen LogP contribution < -0.4 is 0 Å². The van der Waals surface area contributed by atoms with Gasteiger partial charge in [0.05, 0.1) is 11.8 Å². The smallest absolute Gasteiger partial charge is 0.331 e. The highest BCUT2D eigenvalue weighted by atomic mass is 32.2. The molecule has 2 aliphatic rings. The second kappa shape index (κ2) is 8.42. The fourth-order valence-electron chi connectivity index (χ4n) is 4.12. The molecular weight excluding hydrogens is 400 g/mol. The molecule has 0 bridgehead atoms. The maximum absolute atomic E-state index is 13.5. The lowest BCUT2D eigenvalue weighted by Gasteiger charge is -2.38. The lowest BCUT2D eigenvalue weighted by molar-refractivity contribution is -0.164. The van der Waals surface area contributed by atoms with E-state index in [4.69, 9.17) is 10.3 Å². The van der Waals surface area contributed by atoms with Crippen LogP contribution in [-0.2, 0) is 14.3 Å². The SMILES string of the molecule is CC1(CCN=[N+]=[N-])S[C@@H]2CC(=O)N2[C@H]1C(=O)OC(c1ccccc1)c1ccccc1. The molecule has 1 amide bonds. The summed E-state index contributed by atoms with van der Waals surface area (Å²) in [5.74, 6) is -0.475. The number of azide groups is 1. The average Bonchev–Trinajstić information content (AvgIpc) is 3.00. The number of nitrogens with zero attached hydrogens (tertiary/aromatic N) is 4. The van der Waals surface area contributed by atoms with Crippen LogP contribution in [0.15, 0.2) is 65.8 Å². The lowest BCUT2D eigenvalue weighted by atomic mass is 9.93. The standard InChI is InChI=1S/C22H22N4O3S/c1-22(12-13-24-25-23)20(26-17(27)14-18(26)30-22)21(28)29-19(15-8-4-2-5-9-15)16-10-6-3-7-11-16/h2-11,18-20H,12-14H2,1H3/t18-,20+,22?/m1/s1. The molecule has 4 rings (SSSR count). The molecule has 2 fully saturated rings. The van der Waals surface area contributed by atoms with E-state index in [1.165, 1.54) is 0 Å². The van der Waals surface area contributed by atoms with Crippen LogP contribution in [0.5, 0.6) is 0 Å². The van der Waals surface area contributed by atoms with Crippen molar-refractivity contribution in [1.29, 1.82) is 0 Å². The number of esters is 1. The number of fused-ring (bicyclic) bond motifs is 1. The molecular formula is C22H22N4O3S. The molecule has 0 aromatic heterocycles. The van der Waals surface area contributed by atoms with Crippen molar-refractivity contribution >= 4 is 23.6 Å². The minimum absolute atomic E-state index is 0.0296. The first kappa shape index (κ1) is 20.3. The quantitative estimate of drug-likeness (QED) is 0.216. The summed E-state index contributed by atoms with van der Waals surface area (Å²) in [7, 11) is 0. The predicted octanol–water partition coefficient (Wildman–Crippen LogP) is 4.45. The third-order valence-corrected chi connectivity index (χ3v) is 7.27. The van der Waals surface area contributed by atoms with E-state index in [2.05, 4.69) is 10.0 Å². The topological polar surface area (TPSA) is 95.4 Å². The molecule has 0 saturated carbocycles. The Bertz CT molecular complexity index is 941. The maximum atomic E-state index is 13.5. The van der Waals surface area contributed by atoms with E-state index < -0.39 is 22.9 Å². The third-order valence-electron chi connectivity index (χ3n) is 5.64. The Hall–Kier alpha value is -2.96. The highest BCUT2D eigenvalue weighted by Gasteiger charge is 2.60. The van der Waals surface area contributed by atoms with Gasteiger partial charge in [-0.1, -0.05) is 65.8 Å². The van der Waals surface area contributed by atoms with Gasteiger partial charge in [-0.15, -0.1) is 11.8 Å². The number of hydrogen-bond donors (Lipinski definition) is 0. The van der Waals surface area contributed by atoms with Gasteiger partial charge in [0.1, 0.15) is 6.04 Å². The Kier molecular flexibility index (Phi) is 5.70. The van der Waals surface area contributed by atoms with E-state index in [9.17, 15) is 9.59 Å². The van der Waals surface area contributed by atoms with Gasteiger partial charge >= 0.3 is 5.97 Å². The summed E-state index contributed by atoms with van der Waals surface area (Å²) >= 11 is 1.59. The number of benzene rings is 2. The first-order valence-electron chi connectivity index (χ1n) is 9.84. The van der Waals surface area contributed by atoms with E-state index in [0.29, 0.717) is 12.8 Å². The van der Waals surface area contributed by atoms with Gasteiger partial charge in [-0.25, -0.2) is 4.79 Å². The van der Waals surface area contributed by atoms with E-state index in [1.807, 2.05) is 67.6 Å². The van der Waals surface area contributed by atoms with Gasteiger partial charge in [0.2, 0.25) is 5.91 Å². The number of carbonyl (C=O) groups excluding carboxylic acids is 2. The molecule has 0 radical (unpaired) electrons. The minimum Gasteiger partial charge on any atom is -0.451 e. The van der Waals surface area contributed by atoms with E-state index in [-0.39, 0.29) is 17.8 Å². The predicted molar refractivity (Wildman–Crippen MR) is 114 cm³/mol. The van der Waals surface area contributed by atoms with Crippen LogP contribution in [0, 0.1) is 0 Å². The number of ether oxygens (including phenoxy) is 1. The molecule has 0 spiro atoms. The summed E-state index contributed by atoms with van der Waals surface area (Å²) in [6.45, 7) is 2.21. The first-order valence-corrected chi connectivity index (χ1v) is 10.7. The second-order valence-corrected chi connectivity index (χ2v) is 9.35. The van der Waals surface area contributed by atoms with Gasteiger partial charge in [0.15, 0.2) is 6.10 Å². The summed E-state index contributed by atoms with van der Waals surface area (Å²) in [4.78, 5) is 30.2. The summed E-state index contributed by atoms with van der Waals surface area (Å²) in [5, 5.41) is 3.60. The van der Waals surface area contributed by atoms with Crippen molar-refractivity contribution in [1.82, 2.24) is 4.90 Å². The van der Waals surface area contributed by atoms with Crippen molar-refractivity contribution in [2.75, 3.05) is 6.54 Å². The Morgan fingerprint density at radius 2 is 1.83 bits per heavy atom. The summed E-state index contributed by atoms with van der Waals surface area (Å²) in [6.07, 6.45) is 0.344. The molecule has 30 heavy (non-hydrogen) atoms. The number of hydrogen-bond acceptors (Lipinski definition) is 5. The monoisotopic (exact) mass is 422 g/mol. The highest BCUT2D eigenvalue weighted by molar-refractivity contribution is 8.01. The molecule has 2 saturated heterocycles. The summed E-state index contributed by atoms with van der Waals surface area (Å²) in [6, 6.07) is 18.4. The van der Waals surface area contributed by atoms with E-state index in [1.54, 1.807) is 16.7 Å². The van der Waals surface area contributed by atoms with Crippen LogP contribution in [0.1, 0.15) is 37.0 Å². The van der Waals surface area contributed by atoms with Crippen LogP contribution in [-0.4, -0.2) is 39.5 Å². The molecule has 2 aliphatic heterocycles. The molecule has 154 valence electrons. The van der Waals surface area contributed by atoms with Crippen molar-refractivity contribution in [3.8, 4) is 0 Å². The number of amides is 1. The second-order valence-electron chi connectivity index (χ2n) is 7.64. The van der Waals surface area contributed by atoms with Crippen LogP contribution in [0.3, 0.4) is 0 Å². The Morgan fingerprint density at radius 1 is 1.23 bits per heavy atom. The molecule has 2 aromatic carbocycles. The van der Waals surface area contributed by atoms with Crippen molar-refractivity contribution in [3.05, 3.63) is 82.2 Å². The molecule has 2 heterocycles. The number of β-lactam (4-membered cyclic amide) rings is 1. The number of carbonyl (C=O) groups is 2. The zero-order chi connectivity index (χ0) is 21.1. The summed E-state index contributed by atoms with van der Waals surface area (Å²) in [5.41, 5.74) is 10.4. The van der Waals surface area contributed by atoms with Gasteiger partial charge < -0.3 is 9.64 Å². The van der Waals surface area contributed by atoms with Crippen molar-refractivity contribution in [3.63, 3.8) is 0 Å². The van der Waals surface area contributed by atoms with Crippen molar-refractivity contribution in [2.45, 2.75) is 42.0 Å². The van der Waals surface area contributed by atoms with E-state index in [0.717, 1.165) is 11.1 Å². The van der Waals surface area contributed by atoms with Gasteiger partial charge in [-0.3, -0.25) is 4.79 Å². The van der Waals surface area contributed by atoms with Gasteiger partial charge in [0, 0.05) is 16.2 Å². The Balaban J connectivity index is 1.63. The van der Waals surface area contributed by atoms with Gasteiger partial charge in [-0.05, 0) is 30.0 Å². The summed E-state index contributed by atoms with van der Waals surface area (Å²) < 4.78 is 5.49. The number of thioether (sulfide) groups is 1. The maximum Gasteiger partial charge on any atom is 0.331 e. The number of rotatable bonds is 7. The van der Waals surface area contributed by atoms with Crippen LogP contribution in [0.2, 0.25) is 0 Å². The van der Waals surface area contributed by atoms with Gasteiger partial charge in [-0.2, -0.15) is 0 Å². The first-order chi connectivity index (χ1) is 14.5. The Labute approximate surface area is 179 Å². The van der Waals surface area contributed by atoms with Crippen molar-refractivity contribution < 1.29 is 14.3 Å². The molecule has 1 unspecified atom stereocenters. The molecule has 2 aromatic rings. The van der Waals surface area contributed by atoms with Crippen LogP contribution in [0.4, 0.5) is 0 Å². The largest absolute Gasteiger partial charge is 0.451 e. The highest BCUT2D eigenvalue weighted by Crippen LogP contribution is 2.53. The average molecular weight is 423 g/mol. The Morgan fingerprint density at radius 3 is 2.37 bits per heavy atom. The molecule has 3 atom stereocenters. The van der Waals surface area contributed by atoms with Crippen molar-refractivity contribution in [2.24, 2.45) is 5.11 Å². The fourth-order valence-corrected chi connectivity index (χ4v) is 5.87. The van der Waals surface area contributed by atoms with Crippen LogP contribution >= 0.6 is 11.8 Å². The molecule has 8 heteroatoms. The zero-order valence-corrected chi connectivity index (χ0v) is 17.4. The van der Waals surface area contributed by atoms with E-state index >= 15 is 0 Å². The molecule has 0 N–H and O–H groups in total. The minimum atomic E-state index is -0.711. The zero-order valence-electron chi connectivity index (χ0n) is 16.5. The molecule has 7 nitrogen and oxygen atoms in total. The third kappa shape index (κ3) is 3.76. The molecule has 0 aliphatic carbocycles. The fraction of sp³-hybridized carbons (Fsp3) is 0.364. The van der Waals surface area contributed by atoms with Gasteiger partial charge in [0.25, 0.3) is 0 Å². The normalized spacial score (nSPS) is 24.7. The lowest BCUT2D eigenvalue weighted by Crippen LogP contribution is -2.58.